The van der Waals surface area contributed by atoms with E-state index in [1.807, 2.05) is 6.92 Å². The van der Waals surface area contributed by atoms with Gasteiger partial charge in [0.2, 0.25) is 5.91 Å². The number of nitrogen functional groups attached to an aromatic ring is 1. The molecule has 0 bridgehead atoms. The Labute approximate surface area is 117 Å². The highest BCUT2D eigenvalue weighted by Crippen LogP contribution is 2.27. The first-order chi connectivity index (χ1) is 9.54. The predicted octanol–water partition coefficient (Wildman–Crippen LogP) is 1.36. The lowest BCUT2D eigenvalue weighted by molar-refractivity contribution is -0.122. The molecule has 108 valence electrons. The molecule has 1 aromatic carbocycles. The van der Waals surface area contributed by atoms with Crippen LogP contribution in [0.15, 0.2) is 18.2 Å². The van der Waals surface area contributed by atoms with Gasteiger partial charge in [-0.15, -0.1) is 0 Å². The minimum absolute atomic E-state index is 0.0280. The van der Waals surface area contributed by atoms with Crippen molar-refractivity contribution >= 4 is 23.3 Å². The quantitative estimate of drug-likeness (QED) is 0.811. The fourth-order valence-corrected chi connectivity index (χ4v) is 2.33. The van der Waals surface area contributed by atoms with E-state index in [-0.39, 0.29) is 17.4 Å². The van der Waals surface area contributed by atoms with Crippen molar-refractivity contribution in [1.82, 2.24) is 0 Å². The number of carbonyl (C=O) groups is 2. The van der Waals surface area contributed by atoms with Crippen LogP contribution in [0, 0.1) is 5.92 Å². The molecule has 1 aliphatic rings. The number of amides is 1. The molecule has 0 radical (unpaired) electrons. The van der Waals surface area contributed by atoms with Gasteiger partial charge in [0.15, 0.2) is 0 Å². The number of hydrogen-bond acceptors (Lipinski definition) is 4. The molecule has 3 N–H and O–H groups in total. The zero-order chi connectivity index (χ0) is 14.7. The highest BCUT2D eigenvalue weighted by Gasteiger charge is 2.29. The van der Waals surface area contributed by atoms with E-state index in [4.69, 9.17) is 15.6 Å². The Morgan fingerprint density at radius 2 is 2.25 bits per heavy atom. The summed E-state index contributed by atoms with van der Waals surface area (Å²) < 4.78 is 5.23. The maximum Gasteiger partial charge on any atom is 0.335 e. The minimum atomic E-state index is -1.04. The first kappa shape index (κ1) is 14.3. The van der Waals surface area contributed by atoms with Crippen LogP contribution in [0.25, 0.3) is 0 Å². The average molecular weight is 278 g/mol. The fraction of sp³-hybridized carbons (Fsp3) is 0.429. The normalized spacial score (nSPS) is 17.9. The molecule has 1 amide bonds. The number of carbonyl (C=O) groups excluding carboxylic acids is 1. The molecule has 6 nitrogen and oxygen atoms in total. The number of anilines is 2. The Hall–Kier alpha value is -2.08. The Morgan fingerprint density at radius 3 is 2.75 bits per heavy atom. The molecular formula is C14H18N2O4. The number of aromatic carboxylic acids is 1. The third-order valence-corrected chi connectivity index (χ3v) is 3.43. The van der Waals surface area contributed by atoms with Crippen molar-refractivity contribution in [2.24, 2.45) is 5.92 Å². The van der Waals surface area contributed by atoms with Crippen LogP contribution in [-0.4, -0.2) is 36.7 Å². The van der Waals surface area contributed by atoms with Crippen LogP contribution < -0.4 is 10.6 Å². The van der Waals surface area contributed by atoms with Crippen molar-refractivity contribution in [3.8, 4) is 0 Å². The summed E-state index contributed by atoms with van der Waals surface area (Å²) in [6.45, 7) is 3.37. The predicted molar refractivity (Wildman–Crippen MR) is 74.8 cm³/mol. The van der Waals surface area contributed by atoms with E-state index in [1.54, 1.807) is 11.0 Å². The molecule has 20 heavy (non-hydrogen) atoms. The number of rotatable bonds is 4. The SMILES string of the molecule is CCN(C(=O)C1CCOC1)c1ccc(C(=O)O)cc1N. The standard InChI is InChI=1S/C14H18N2O4/c1-2-16(13(17)10-5-6-20-8-10)12-4-3-9(14(18)19)7-11(12)15/h3-4,7,10H,2,5-6,8,15H2,1H3,(H,18,19). The summed E-state index contributed by atoms with van der Waals surface area (Å²) in [6.07, 6.45) is 0.711. The van der Waals surface area contributed by atoms with E-state index in [1.165, 1.54) is 12.1 Å². The number of nitrogens with two attached hydrogens (primary N) is 1. The van der Waals surface area contributed by atoms with E-state index in [0.29, 0.717) is 37.6 Å². The van der Waals surface area contributed by atoms with Gasteiger partial charge in [0.25, 0.3) is 0 Å². The molecule has 1 saturated heterocycles. The van der Waals surface area contributed by atoms with E-state index >= 15 is 0 Å². The zero-order valence-electron chi connectivity index (χ0n) is 11.3. The monoisotopic (exact) mass is 278 g/mol. The topological polar surface area (TPSA) is 92.9 Å². The summed E-state index contributed by atoms with van der Waals surface area (Å²) in [4.78, 5) is 24.9. The summed E-state index contributed by atoms with van der Waals surface area (Å²) in [7, 11) is 0. The number of hydrogen-bond donors (Lipinski definition) is 2. The number of benzene rings is 1. The molecule has 0 aromatic heterocycles. The van der Waals surface area contributed by atoms with Gasteiger partial charge in [0.1, 0.15) is 0 Å². The molecule has 1 unspecified atom stereocenters. The lowest BCUT2D eigenvalue weighted by Gasteiger charge is -2.25. The molecule has 2 rings (SSSR count). The van der Waals surface area contributed by atoms with Crippen LogP contribution >= 0.6 is 0 Å². The summed E-state index contributed by atoms with van der Waals surface area (Å²) >= 11 is 0. The van der Waals surface area contributed by atoms with E-state index in [9.17, 15) is 9.59 Å². The van der Waals surface area contributed by atoms with Crippen LogP contribution in [0.4, 0.5) is 11.4 Å². The molecule has 1 aromatic rings. The number of carboxylic acids is 1. The molecule has 0 spiro atoms. The molecule has 1 atom stereocenters. The second kappa shape index (κ2) is 5.92. The number of ether oxygens (including phenoxy) is 1. The Kier molecular flexibility index (Phi) is 4.24. The second-order valence-corrected chi connectivity index (χ2v) is 4.72. The largest absolute Gasteiger partial charge is 0.478 e. The molecule has 1 aliphatic heterocycles. The van der Waals surface area contributed by atoms with E-state index in [2.05, 4.69) is 0 Å². The highest BCUT2D eigenvalue weighted by molar-refractivity contribution is 5.99. The lowest BCUT2D eigenvalue weighted by atomic mass is 10.1. The third kappa shape index (κ3) is 2.75. The molecule has 1 heterocycles. The Bertz CT molecular complexity index is 524. The molecule has 0 aliphatic carbocycles. The van der Waals surface area contributed by atoms with Crippen molar-refractivity contribution in [1.29, 1.82) is 0 Å². The van der Waals surface area contributed by atoms with Gasteiger partial charge in [-0.05, 0) is 31.5 Å². The fourth-order valence-electron chi connectivity index (χ4n) is 2.33. The number of carboxylic acid groups (broad SMARTS) is 1. The van der Waals surface area contributed by atoms with Crippen molar-refractivity contribution < 1.29 is 19.4 Å². The van der Waals surface area contributed by atoms with Crippen LogP contribution in [0.1, 0.15) is 23.7 Å². The maximum atomic E-state index is 12.4. The second-order valence-electron chi connectivity index (χ2n) is 4.72. The zero-order valence-corrected chi connectivity index (χ0v) is 11.3. The number of nitrogens with zero attached hydrogens (tertiary/aromatic N) is 1. The summed E-state index contributed by atoms with van der Waals surface area (Å²) in [5.41, 5.74) is 6.83. The molecule has 0 saturated carbocycles. The minimum Gasteiger partial charge on any atom is -0.478 e. The van der Waals surface area contributed by atoms with Gasteiger partial charge in [0.05, 0.1) is 29.5 Å². The van der Waals surface area contributed by atoms with Gasteiger partial charge in [-0.25, -0.2) is 4.79 Å². The molecular weight excluding hydrogens is 260 g/mol. The lowest BCUT2D eigenvalue weighted by Crippen LogP contribution is -2.36. The van der Waals surface area contributed by atoms with Crippen molar-refractivity contribution in [2.75, 3.05) is 30.4 Å². The molecule has 6 heteroatoms. The summed E-state index contributed by atoms with van der Waals surface area (Å²) in [5, 5.41) is 8.93. The first-order valence-electron chi connectivity index (χ1n) is 6.56. The summed E-state index contributed by atoms with van der Waals surface area (Å²) in [5.74, 6) is -1.21. The van der Waals surface area contributed by atoms with Crippen molar-refractivity contribution in [3.63, 3.8) is 0 Å². The smallest absolute Gasteiger partial charge is 0.335 e. The van der Waals surface area contributed by atoms with Crippen LogP contribution in [-0.2, 0) is 9.53 Å². The Balaban J connectivity index is 2.27. The third-order valence-electron chi connectivity index (χ3n) is 3.43. The van der Waals surface area contributed by atoms with Gasteiger partial charge < -0.3 is 20.5 Å². The van der Waals surface area contributed by atoms with Crippen LogP contribution in [0.5, 0.6) is 0 Å². The van der Waals surface area contributed by atoms with Gasteiger partial charge in [-0.2, -0.15) is 0 Å². The van der Waals surface area contributed by atoms with Gasteiger partial charge in [-0.1, -0.05) is 0 Å². The average Bonchev–Trinajstić information content (AvgIpc) is 2.94. The van der Waals surface area contributed by atoms with Crippen molar-refractivity contribution in [2.45, 2.75) is 13.3 Å². The van der Waals surface area contributed by atoms with Crippen LogP contribution in [0.3, 0.4) is 0 Å². The van der Waals surface area contributed by atoms with Crippen LogP contribution in [0.2, 0.25) is 0 Å². The van der Waals surface area contributed by atoms with E-state index in [0.717, 1.165) is 0 Å². The van der Waals surface area contributed by atoms with Gasteiger partial charge >= 0.3 is 5.97 Å². The molecule has 1 fully saturated rings. The highest BCUT2D eigenvalue weighted by atomic mass is 16.5. The maximum absolute atomic E-state index is 12.4. The Morgan fingerprint density at radius 1 is 1.50 bits per heavy atom. The first-order valence-corrected chi connectivity index (χ1v) is 6.56. The van der Waals surface area contributed by atoms with Gasteiger partial charge in [0, 0.05) is 13.2 Å². The van der Waals surface area contributed by atoms with E-state index < -0.39 is 5.97 Å². The van der Waals surface area contributed by atoms with Crippen molar-refractivity contribution in [3.05, 3.63) is 23.8 Å². The van der Waals surface area contributed by atoms with Gasteiger partial charge in [-0.3, -0.25) is 4.79 Å². The summed E-state index contributed by atoms with van der Waals surface area (Å²) in [6, 6.07) is 4.41.